The Morgan fingerprint density at radius 2 is 2.00 bits per heavy atom. The van der Waals surface area contributed by atoms with Crippen LogP contribution in [0.4, 0.5) is 4.39 Å². The van der Waals surface area contributed by atoms with E-state index in [2.05, 4.69) is 9.88 Å². The fourth-order valence-electron chi connectivity index (χ4n) is 5.63. The normalized spacial score (nSPS) is 20.2. The topological polar surface area (TPSA) is 104 Å². The number of nitriles is 1. The van der Waals surface area contributed by atoms with Gasteiger partial charge < -0.3 is 14.5 Å². The molecule has 38 heavy (non-hydrogen) atoms. The molecular formula is C29H26FN5O3. The number of pyridine rings is 1. The van der Waals surface area contributed by atoms with E-state index < -0.39 is 5.82 Å². The van der Waals surface area contributed by atoms with Gasteiger partial charge in [0.05, 0.1) is 41.9 Å². The Bertz CT molecular complexity index is 1580. The van der Waals surface area contributed by atoms with Crippen LogP contribution >= 0.6 is 0 Å². The van der Waals surface area contributed by atoms with Crippen LogP contribution in [0.25, 0.3) is 11.0 Å². The first-order chi connectivity index (χ1) is 18.4. The van der Waals surface area contributed by atoms with E-state index in [1.54, 1.807) is 30.3 Å². The number of aromatic nitrogens is 3. The number of halogens is 1. The zero-order valence-corrected chi connectivity index (χ0v) is 21.1. The van der Waals surface area contributed by atoms with Crippen molar-refractivity contribution in [3.8, 4) is 11.9 Å². The van der Waals surface area contributed by atoms with Gasteiger partial charge in [0.1, 0.15) is 18.2 Å². The molecule has 1 saturated heterocycles. The molecule has 1 aliphatic heterocycles. The van der Waals surface area contributed by atoms with Crippen LogP contribution < -0.4 is 4.74 Å². The molecule has 2 atom stereocenters. The quantitative estimate of drug-likeness (QED) is 0.365. The third-order valence-corrected chi connectivity index (χ3v) is 7.53. The van der Waals surface area contributed by atoms with Crippen molar-refractivity contribution in [2.24, 2.45) is 11.8 Å². The van der Waals surface area contributed by atoms with E-state index in [-0.39, 0.29) is 18.1 Å². The minimum atomic E-state index is -0.458. The van der Waals surface area contributed by atoms with Crippen molar-refractivity contribution < 1.29 is 18.7 Å². The third-order valence-electron chi connectivity index (χ3n) is 7.53. The van der Waals surface area contributed by atoms with Gasteiger partial charge in [-0.15, -0.1) is 0 Å². The van der Waals surface area contributed by atoms with E-state index in [1.807, 2.05) is 25.1 Å². The predicted octanol–water partition coefficient (Wildman–Crippen LogP) is 4.49. The van der Waals surface area contributed by atoms with Gasteiger partial charge >= 0.3 is 5.97 Å². The number of ether oxygens (including phenoxy) is 2. The van der Waals surface area contributed by atoms with E-state index >= 15 is 0 Å². The van der Waals surface area contributed by atoms with Gasteiger partial charge in [-0.3, -0.25) is 4.90 Å². The van der Waals surface area contributed by atoms with Crippen LogP contribution in [0.1, 0.15) is 44.5 Å². The van der Waals surface area contributed by atoms with Crippen molar-refractivity contribution in [2.75, 3.05) is 20.2 Å². The summed E-state index contributed by atoms with van der Waals surface area (Å²) < 4.78 is 24.8. The second kappa shape index (κ2) is 9.54. The number of imidazole rings is 1. The molecule has 0 spiro atoms. The van der Waals surface area contributed by atoms with E-state index in [4.69, 9.17) is 24.7 Å². The zero-order valence-electron chi connectivity index (χ0n) is 21.1. The summed E-state index contributed by atoms with van der Waals surface area (Å²) in [6, 6.07) is 15.6. The molecule has 192 valence electrons. The van der Waals surface area contributed by atoms with Crippen molar-refractivity contribution in [1.29, 1.82) is 5.26 Å². The molecule has 2 unspecified atom stereocenters. The first kappa shape index (κ1) is 24.1. The predicted molar refractivity (Wildman–Crippen MR) is 137 cm³/mol. The SMILES string of the molecule is COC(=O)c1cc(C)c2nc(CN3CC4C(C3)C4c3cccc(OCc4ccc(C#N)cc4F)n3)[nH]c2c1. The molecule has 8 nitrogen and oxygen atoms in total. The molecule has 2 aromatic carbocycles. The highest BCUT2D eigenvalue weighted by Gasteiger charge is 2.56. The largest absolute Gasteiger partial charge is 0.473 e. The molecule has 2 fully saturated rings. The number of aryl methyl sites for hydroxylation is 1. The minimum absolute atomic E-state index is 0.0530. The Labute approximate surface area is 219 Å². The van der Waals surface area contributed by atoms with Gasteiger partial charge in [-0.1, -0.05) is 12.1 Å². The average molecular weight is 512 g/mol. The molecular weight excluding hydrogens is 485 g/mol. The van der Waals surface area contributed by atoms with Crippen LogP contribution in [0.3, 0.4) is 0 Å². The number of carbonyl (C=O) groups is 1. The standard InChI is InChI=1S/C29H26FN5O3/c1-16-8-19(29(36)37-2)10-24-28(16)34-25(32-24)14-35-12-20-21(13-35)27(20)23-4-3-5-26(33-23)38-15-18-7-6-17(11-31)9-22(18)30/h3-10,20-21,27H,12-15H2,1-2H3,(H,32,34). The smallest absolute Gasteiger partial charge is 0.337 e. The van der Waals surface area contributed by atoms with Crippen molar-refractivity contribution in [3.05, 3.63) is 88.1 Å². The first-order valence-corrected chi connectivity index (χ1v) is 12.5. The highest BCUT2D eigenvalue weighted by molar-refractivity contribution is 5.94. The molecule has 0 bridgehead atoms. The third kappa shape index (κ3) is 4.48. The van der Waals surface area contributed by atoms with E-state index in [9.17, 15) is 9.18 Å². The minimum Gasteiger partial charge on any atom is -0.473 e. The van der Waals surface area contributed by atoms with Crippen LogP contribution in [0.15, 0.2) is 48.5 Å². The average Bonchev–Trinajstić information content (AvgIpc) is 3.21. The summed E-state index contributed by atoms with van der Waals surface area (Å²) >= 11 is 0. The lowest BCUT2D eigenvalue weighted by atomic mass is 10.1. The number of aromatic amines is 1. The summed E-state index contributed by atoms with van der Waals surface area (Å²) in [7, 11) is 1.38. The molecule has 3 heterocycles. The Balaban J connectivity index is 1.07. The van der Waals surface area contributed by atoms with Gasteiger partial charge in [-0.25, -0.2) is 19.2 Å². The molecule has 9 heteroatoms. The van der Waals surface area contributed by atoms with Crippen molar-refractivity contribution in [1.82, 2.24) is 19.9 Å². The Morgan fingerprint density at radius 1 is 1.18 bits per heavy atom. The molecule has 0 radical (unpaired) electrons. The lowest BCUT2D eigenvalue weighted by Gasteiger charge is -2.18. The number of methoxy groups -OCH3 is 1. The number of fused-ring (bicyclic) bond motifs is 2. The van der Waals surface area contributed by atoms with Crippen molar-refractivity contribution in [3.63, 3.8) is 0 Å². The summed E-state index contributed by atoms with van der Waals surface area (Å²) in [5.74, 6) is 1.99. The Morgan fingerprint density at radius 3 is 2.74 bits per heavy atom. The Kier molecular flexibility index (Phi) is 6.04. The van der Waals surface area contributed by atoms with E-state index in [0.29, 0.717) is 41.3 Å². The number of benzene rings is 2. The number of nitrogens with zero attached hydrogens (tertiary/aromatic N) is 4. The van der Waals surface area contributed by atoms with Gasteiger partial charge in [0.25, 0.3) is 0 Å². The number of rotatable bonds is 7. The molecule has 2 aromatic heterocycles. The van der Waals surface area contributed by atoms with Crippen molar-refractivity contribution >= 4 is 17.0 Å². The summed E-state index contributed by atoms with van der Waals surface area (Å²) in [6.07, 6.45) is 0. The number of hydrogen-bond acceptors (Lipinski definition) is 7. The molecule has 1 N–H and O–H groups in total. The molecule has 6 rings (SSSR count). The maximum absolute atomic E-state index is 14.2. The summed E-state index contributed by atoms with van der Waals surface area (Å²) in [5, 5.41) is 8.90. The highest BCUT2D eigenvalue weighted by atomic mass is 19.1. The number of H-pyrrole nitrogens is 1. The van der Waals surface area contributed by atoms with E-state index in [1.165, 1.54) is 13.2 Å². The summed E-state index contributed by atoms with van der Waals surface area (Å²) in [5.41, 5.74) is 4.83. The fourth-order valence-corrected chi connectivity index (χ4v) is 5.63. The fraction of sp³-hybridized carbons (Fsp3) is 0.310. The van der Waals surface area contributed by atoms with Gasteiger partial charge in [0.15, 0.2) is 0 Å². The van der Waals surface area contributed by atoms with Gasteiger partial charge in [0, 0.05) is 36.3 Å². The second-order valence-corrected chi connectivity index (χ2v) is 10.0. The maximum atomic E-state index is 14.2. The lowest BCUT2D eigenvalue weighted by molar-refractivity contribution is 0.0600. The highest BCUT2D eigenvalue weighted by Crippen LogP contribution is 2.58. The van der Waals surface area contributed by atoms with Crippen LogP contribution in [0.2, 0.25) is 0 Å². The number of likely N-dealkylation sites (tertiary alicyclic amines) is 1. The van der Waals surface area contributed by atoms with Crippen LogP contribution in [0, 0.1) is 35.9 Å². The second-order valence-electron chi connectivity index (χ2n) is 10.0. The molecule has 4 aromatic rings. The number of nitrogens with one attached hydrogen (secondary N) is 1. The number of esters is 1. The molecule has 1 saturated carbocycles. The van der Waals surface area contributed by atoms with Crippen LogP contribution in [-0.2, 0) is 17.9 Å². The number of hydrogen-bond donors (Lipinski definition) is 1. The lowest BCUT2D eigenvalue weighted by Crippen LogP contribution is -2.24. The first-order valence-electron chi connectivity index (χ1n) is 12.5. The van der Waals surface area contributed by atoms with Crippen LogP contribution in [0.5, 0.6) is 5.88 Å². The Hall–Kier alpha value is -4.29. The van der Waals surface area contributed by atoms with Gasteiger partial charge in [0.2, 0.25) is 5.88 Å². The van der Waals surface area contributed by atoms with Gasteiger partial charge in [-0.2, -0.15) is 5.26 Å². The maximum Gasteiger partial charge on any atom is 0.337 e. The molecule has 2 aliphatic rings. The van der Waals surface area contributed by atoms with Crippen molar-refractivity contribution in [2.45, 2.75) is 26.0 Å². The summed E-state index contributed by atoms with van der Waals surface area (Å²) in [6.45, 7) is 4.64. The summed E-state index contributed by atoms with van der Waals surface area (Å²) in [4.78, 5) is 27.2. The number of carbonyl (C=O) groups excluding carboxylic acids is 1. The monoisotopic (exact) mass is 511 g/mol. The molecule has 1 aliphatic carbocycles. The zero-order chi connectivity index (χ0) is 26.4. The van der Waals surface area contributed by atoms with E-state index in [0.717, 1.165) is 41.2 Å². The number of piperidine rings is 1. The molecule has 0 amide bonds. The van der Waals surface area contributed by atoms with Gasteiger partial charge in [-0.05, 0) is 54.7 Å². The van der Waals surface area contributed by atoms with Crippen LogP contribution in [-0.4, -0.2) is 46.0 Å².